The van der Waals surface area contributed by atoms with Gasteiger partial charge in [-0.3, -0.25) is 0 Å². The maximum absolute atomic E-state index is 12.4. The van der Waals surface area contributed by atoms with Crippen LogP contribution in [0.4, 0.5) is 0 Å². The first kappa shape index (κ1) is 14.5. The van der Waals surface area contributed by atoms with E-state index in [0.29, 0.717) is 11.4 Å². The van der Waals surface area contributed by atoms with Crippen molar-refractivity contribution < 1.29 is 8.42 Å². The summed E-state index contributed by atoms with van der Waals surface area (Å²) in [5, 5.41) is 3.03. The zero-order valence-electron chi connectivity index (χ0n) is 11.6. The Kier molecular flexibility index (Phi) is 4.60. The largest absolute Gasteiger partial charge is 0.320 e. The highest BCUT2D eigenvalue weighted by Gasteiger charge is 2.22. The van der Waals surface area contributed by atoms with Crippen LogP contribution in [0.1, 0.15) is 24.0 Å². The molecular formula is C14H22N2O2S. The molecule has 0 bridgehead atoms. The van der Waals surface area contributed by atoms with E-state index in [2.05, 4.69) is 5.32 Å². The summed E-state index contributed by atoms with van der Waals surface area (Å²) < 4.78 is 26.3. The van der Waals surface area contributed by atoms with Crippen molar-refractivity contribution in [2.75, 3.05) is 27.2 Å². The van der Waals surface area contributed by atoms with E-state index in [-0.39, 0.29) is 0 Å². The van der Waals surface area contributed by atoms with Gasteiger partial charge in [-0.2, -0.15) is 0 Å². The monoisotopic (exact) mass is 282 g/mol. The normalized spacial score (nSPS) is 14.9. The molecule has 1 aromatic carbocycles. The molecule has 5 heteroatoms. The van der Waals surface area contributed by atoms with Crippen LogP contribution in [-0.4, -0.2) is 39.9 Å². The minimum absolute atomic E-state index is 0.431. The molecule has 0 radical (unpaired) electrons. The molecule has 1 aliphatic carbocycles. The molecule has 0 spiro atoms. The molecule has 0 unspecified atom stereocenters. The zero-order chi connectivity index (χ0) is 13.9. The molecule has 0 aromatic heterocycles. The predicted molar refractivity (Wildman–Crippen MR) is 76.8 cm³/mol. The van der Waals surface area contributed by atoms with E-state index in [1.165, 1.54) is 15.4 Å². The lowest BCUT2D eigenvalue weighted by Gasteiger charge is -2.17. The number of fused-ring (bicyclic) bond motifs is 1. The van der Waals surface area contributed by atoms with E-state index in [9.17, 15) is 8.42 Å². The Morgan fingerprint density at radius 3 is 2.74 bits per heavy atom. The first-order chi connectivity index (χ1) is 9.05. The van der Waals surface area contributed by atoms with Crippen LogP contribution in [0.25, 0.3) is 0 Å². The number of nitrogens with zero attached hydrogens (tertiary/aromatic N) is 1. The van der Waals surface area contributed by atoms with Crippen LogP contribution in [0.2, 0.25) is 0 Å². The molecule has 19 heavy (non-hydrogen) atoms. The van der Waals surface area contributed by atoms with Crippen molar-refractivity contribution in [1.82, 2.24) is 9.62 Å². The molecule has 2 rings (SSSR count). The van der Waals surface area contributed by atoms with E-state index in [1.807, 2.05) is 19.2 Å². The minimum atomic E-state index is -3.34. The second-order valence-electron chi connectivity index (χ2n) is 5.07. The SMILES string of the molecule is CNCCCN(C)S(=O)(=O)c1ccc2c(c1)CCC2. The molecule has 4 nitrogen and oxygen atoms in total. The lowest BCUT2D eigenvalue weighted by Crippen LogP contribution is -2.29. The summed E-state index contributed by atoms with van der Waals surface area (Å²) in [6, 6.07) is 5.57. The van der Waals surface area contributed by atoms with Crippen LogP contribution < -0.4 is 5.32 Å². The van der Waals surface area contributed by atoms with Crippen molar-refractivity contribution in [3.8, 4) is 0 Å². The number of hydrogen-bond donors (Lipinski definition) is 1. The summed E-state index contributed by atoms with van der Waals surface area (Å²) in [4.78, 5) is 0.431. The topological polar surface area (TPSA) is 49.4 Å². The Bertz CT molecular complexity index is 540. The molecular weight excluding hydrogens is 260 g/mol. The fourth-order valence-electron chi connectivity index (χ4n) is 2.49. The summed E-state index contributed by atoms with van der Waals surface area (Å²) in [6.07, 6.45) is 4.03. The molecule has 0 fully saturated rings. The average Bonchev–Trinajstić information content (AvgIpc) is 2.85. The molecule has 0 heterocycles. The van der Waals surface area contributed by atoms with Crippen molar-refractivity contribution in [2.45, 2.75) is 30.6 Å². The lowest BCUT2D eigenvalue weighted by atomic mass is 10.1. The fourth-order valence-corrected chi connectivity index (χ4v) is 3.75. The molecule has 1 aromatic rings. The van der Waals surface area contributed by atoms with Crippen molar-refractivity contribution in [3.63, 3.8) is 0 Å². The molecule has 0 aliphatic heterocycles. The number of aryl methyl sites for hydroxylation is 2. The lowest BCUT2D eigenvalue weighted by molar-refractivity contribution is 0.458. The van der Waals surface area contributed by atoms with Crippen molar-refractivity contribution in [1.29, 1.82) is 0 Å². The second kappa shape index (κ2) is 6.03. The van der Waals surface area contributed by atoms with Gasteiger partial charge >= 0.3 is 0 Å². The fraction of sp³-hybridized carbons (Fsp3) is 0.571. The molecule has 0 saturated heterocycles. The van der Waals surface area contributed by atoms with Gasteiger partial charge in [-0.05, 0) is 62.5 Å². The number of nitrogens with one attached hydrogen (secondary N) is 1. The molecule has 0 atom stereocenters. The van der Waals surface area contributed by atoms with Crippen molar-refractivity contribution in [3.05, 3.63) is 29.3 Å². The smallest absolute Gasteiger partial charge is 0.242 e. The Hall–Kier alpha value is -0.910. The minimum Gasteiger partial charge on any atom is -0.320 e. The highest BCUT2D eigenvalue weighted by atomic mass is 32.2. The summed E-state index contributed by atoms with van der Waals surface area (Å²) in [5.41, 5.74) is 2.50. The van der Waals surface area contributed by atoms with Crippen LogP contribution in [-0.2, 0) is 22.9 Å². The number of sulfonamides is 1. The van der Waals surface area contributed by atoms with Gasteiger partial charge in [0.2, 0.25) is 10.0 Å². The Morgan fingerprint density at radius 1 is 1.26 bits per heavy atom. The third-order valence-corrected chi connectivity index (χ3v) is 5.53. The van der Waals surface area contributed by atoms with Gasteiger partial charge in [0.15, 0.2) is 0 Å². The van der Waals surface area contributed by atoms with Crippen molar-refractivity contribution in [2.24, 2.45) is 0 Å². The van der Waals surface area contributed by atoms with E-state index in [4.69, 9.17) is 0 Å². The average molecular weight is 282 g/mol. The van der Waals surface area contributed by atoms with Crippen LogP contribution in [0.3, 0.4) is 0 Å². The Balaban J connectivity index is 2.15. The summed E-state index contributed by atoms with van der Waals surface area (Å²) in [6.45, 7) is 1.37. The number of rotatable bonds is 6. The third-order valence-electron chi connectivity index (χ3n) is 3.68. The molecule has 0 amide bonds. The summed E-state index contributed by atoms with van der Waals surface area (Å²) >= 11 is 0. The number of benzene rings is 1. The van der Waals surface area contributed by atoms with Gasteiger partial charge < -0.3 is 5.32 Å². The van der Waals surface area contributed by atoms with E-state index in [1.54, 1.807) is 13.1 Å². The van der Waals surface area contributed by atoms with Crippen LogP contribution >= 0.6 is 0 Å². The molecule has 106 valence electrons. The predicted octanol–water partition coefficient (Wildman–Crippen LogP) is 1.41. The van der Waals surface area contributed by atoms with Crippen molar-refractivity contribution >= 4 is 10.0 Å². The van der Waals surface area contributed by atoms with Gasteiger partial charge in [0.1, 0.15) is 0 Å². The Labute approximate surface area is 115 Å². The van der Waals surface area contributed by atoms with Crippen LogP contribution in [0.5, 0.6) is 0 Å². The van der Waals surface area contributed by atoms with E-state index >= 15 is 0 Å². The van der Waals surface area contributed by atoms with E-state index in [0.717, 1.165) is 32.2 Å². The van der Waals surface area contributed by atoms with Gasteiger partial charge in [0, 0.05) is 13.6 Å². The van der Waals surface area contributed by atoms with Crippen LogP contribution in [0.15, 0.2) is 23.1 Å². The first-order valence-electron chi connectivity index (χ1n) is 6.78. The van der Waals surface area contributed by atoms with Gasteiger partial charge in [0.25, 0.3) is 0 Å². The van der Waals surface area contributed by atoms with Crippen LogP contribution in [0, 0.1) is 0 Å². The highest BCUT2D eigenvalue weighted by molar-refractivity contribution is 7.89. The third kappa shape index (κ3) is 3.16. The molecule has 1 N–H and O–H groups in total. The van der Waals surface area contributed by atoms with E-state index < -0.39 is 10.0 Å². The Morgan fingerprint density at radius 2 is 2.00 bits per heavy atom. The molecule has 0 saturated carbocycles. The first-order valence-corrected chi connectivity index (χ1v) is 8.22. The highest BCUT2D eigenvalue weighted by Crippen LogP contribution is 2.25. The second-order valence-corrected chi connectivity index (χ2v) is 7.11. The van der Waals surface area contributed by atoms with Gasteiger partial charge in [-0.15, -0.1) is 0 Å². The maximum atomic E-state index is 12.4. The zero-order valence-corrected chi connectivity index (χ0v) is 12.5. The summed E-state index contributed by atoms with van der Waals surface area (Å²) in [7, 11) is 0.186. The molecule has 1 aliphatic rings. The van der Waals surface area contributed by atoms with Gasteiger partial charge in [-0.25, -0.2) is 12.7 Å². The maximum Gasteiger partial charge on any atom is 0.242 e. The van der Waals surface area contributed by atoms with Gasteiger partial charge in [-0.1, -0.05) is 6.07 Å². The number of hydrogen-bond acceptors (Lipinski definition) is 3. The quantitative estimate of drug-likeness (QED) is 0.803. The van der Waals surface area contributed by atoms with Gasteiger partial charge in [0.05, 0.1) is 4.90 Å². The standard InChI is InChI=1S/C14H22N2O2S/c1-15-9-4-10-16(2)19(17,18)14-8-7-12-5-3-6-13(12)11-14/h7-8,11,15H,3-6,9-10H2,1-2H3. The summed E-state index contributed by atoms with van der Waals surface area (Å²) in [5.74, 6) is 0.